The monoisotopic (exact) mass is 387 g/mol. The van der Waals surface area contributed by atoms with Gasteiger partial charge in [0.05, 0.1) is 22.2 Å². The zero-order chi connectivity index (χ0) is 16.6. The third kappa shape index (κ3) is 3.21. The zero-order valence-electron chi connectivity index (χ0n) is 11.5. The van der Waals surface area contributed by atoms with E-state index < -0.39 is 0 Å². The predicted octanol–water partition coefficient (Wildman–Crippen LogP) is 6.11. The molecule has 0 saturated heterocycles. The first-order valence-electron chi connectivity index (χ1n) is 6.51. The standard InChI is InChI=1S/C16H9Cl4NO2/c17-9-4-8(5-10(18)6-9)16-11(7-22)15(21-23-16)14-12(19)2-1-3-13(14)20/h1-6,22H,7H2. The van der Waals surface area contributed by atoms with Crippen molar-refractivity contribution in [2.45, 2.75) is 6.61 Å². The molecular formula is C16H9Cl4NO2. The molecule has 0 fully saturated rings. The summed E-state index contributed by atoms with van der Waals surface area (Å²) in [5.74, 6) is 0.364. The van der Waals surface area contributed by atoms with E-state index in [0.29, 0.717) is 48.2 Å². The van der Waals surface area contributed by atoms with E-state index in [1.54, 1.807) is 36.4 Å². The summed E-state index contributed by atoms with van der Waals surface area (Å²) < 4.78 is 5.40. The van der Waals surface area contributed by atoms with Crippen LogP contribution >= 0.6 is 46.4 Å². The Morgan fingerprint density at radius 1 is 0.957 bits per heavy atom. The molecule has 0 aliphatic heterocycles. The first-order chi connectivity index (χ1) is 11.0. The molecule has 3 aromatic rings. The molecular weight excluding hydrogens is 380 g/mol. The van der Waals surface area contributed by atoms with Crippen molar-refractivity contribution in [3.63, 3.8) is 0 Å². The summed E-state index contributed by atoms with van der Waals surface area (Å²) in [4.78, 5) is 0. The lowest BCUT2D eigenvalue weighted by Gasteiger charge is -2.06. The maximum absolute atomic E-state index is 9.78. The van der Waals surface area contributed by atoms with Crippen LogP contribution in [0.25, 0.3) is 22.6 Å². The van der Waals surface area contributed by atoms with E-state index >= 15 is 0 Å². The lowest BCUT2D eigenvalue weighted by Crippen LogP contribution is -1.91. The van der Waals surface area contributed by atoms with Gasteiger partial charge in [0.2, 0.25) is 0 Å². The highest BCUT2D eigenvalue weighted by Gasteiger charge is 2.22. The molecule has 118 valence electrons. The third-order valence-corrected chi connectivity index (χ3v) is 4.34. The van der Waals surface area contributed by atoms with E-state index in [4.69, 9.17) is 50.9 Å². The van der Waals surface area contributed by atoms with Crippen LogP contribution in [0.3, 0.4) is 0 Å². The van der Waals surface area contributed by atoms with Crippen LogP contribution < -0.4 is 0 Å². The van der Waals surface area contributed by atoms with Crippen LogP contribution in [0, 0.1) is 0 Å². The SMILES string of the molecule is OCc1c(-c2c(Cl)cccc2Cl)noc1-c1cc(Cl)cc(Cl)c1. The Labute approximate surface area is 152 Å². The molecule has 3 nitrogen and oxygen atoms in total. The highest BCUT2D eigenvalue weighted by Crippen LogP contribution is 2.40. The van der Waals surface area contributed by atoms with Crippen LogP contribution in [-0.4, -0.2) is 10.3 Å². The van der Waals surface area contributed by atoms with Crippen molar-refractivity contribution in [2.24, 2.45) is 0 Å². The lowest BCUT2D eigenvalue weighted by atomic mass is 10.0. The smallest absolute Gasteiger partial charge is 0.173 e. The molecule has 0 unspecified atom stereocenters. The zero-order valence-corrected chi connectivity index (χ0v) is 14.5. The third-order valence-electron chi connectivity index (χ3n) is 3.27. The maximum atomic E-state index is 9.78. The van der Waals surface area contributed by atoms with E-state index in [0.717, 1.165) is 0 Å². The molecule has 1 heterocycles. The molecule has 0 bridgehead atoms. The van der Waals surface area contributed by atoms with Gasteiger partial charge in [-0.05, 0) is 30.3 Å². The molecule has 1 N–H and O–H groups in total. The second kappa shape index (κ2) is 6.71. The molecule has 0 radical (unpaired) electrons. The summed E-state index contributed by atoms with van der Waals surface area (Å²) in [7, 11) is 0. The topological polar surface area (TPSA) is 46.3 Å². The molecule has 0 aliphatic carbocycles. The van der Waals surface area contributed by atoms with Gasteiger partial charge in [-0.25, -0.2) is 0 Å². The minimum Gasteiger partial charge on any atom is -0.391 e. The summed E-state index contributed by atoms with van der Waals surface area (Å²) >= 11 is 24.5. The number of benzene rings is 2. The Morgan fingerprint density at radius 3 is 2.13 bits per heavy atom. The fraction of sp³-hybridized carbons (Fsp3) is 0.0625. The molecule has 0 aliphatic rings. The molecule has 0 atom stereocenters. The maximum Gasteiger partial charge on any atom is 0.173 e. The van der Waals surface area contributed by atoms with Crippen LogP contribution in [0.2, 0.25) is 20.1 Å². The Balaban J connectivity index is 2.21. The fourth-order valence-corrected chi connectivity index (χ4v) is 3.39. The van der Waals surface area contributed by atoms with Gasteiger partial charge in [-0.1, -0.05) is 57.6 Å². The van der Waals surface area contributed by atoms with Crippen molar-refractivity contribution < 1.29 is 9.63 Å². The fourth-order valence-electron chi connectivity index (χ4n) is 2.29. The summed E-state index contributed by atoms with van der Waals surface area (Å²) in [6.45, 7) is -0.306. The second-order valence-corrected chi connectivity index (χ2v) is 6.44. The Morgan fingerprint density at radius 2 is 1.57 bits per heavy atom. The first-order valence-corrected chi connectivity index (χ1v) is 8.02. The van der Waals surface area contributed by atoms with Gasteiger partial charge in [0.25, 0.3) is 0 Å². The van der Waals surface area contributed by atoms with Crippen molar-refractivity contribution in [1.29, 1.82) is 0 Å². The van der Waals surface area contributed by atoms with Crippen molar-refractivity contribution >= 4 is 46.4 Å². The van der Waals surface area contributed by atoms with Crippen molar-refractivity contribution in [3.8, 4) is 22.6 Å². The summed E-state index contributed by atoms with van der Waals surface area (Å²) in [6, 6.07) is 10.1. The van der Waals surface area contributed by atoms with Gasteiger partial charge in [0.15, 0.2) is 5.76 Å². The molecule has 3 rings (SSSR count). The van der Waals surface area contributed by atoms with Crippen molar-refractivity contribution in [3.05, 3.63) is 62.1 Å². The first kappa shape index (κ1) is 16.6. The Bertz CT molecular complexity index is 836. The van der Waals surface area contributed by atoms with Gasteiger partial charge in [0.1, 0.15) is 5.69 Å². The molecule has 23 heavy (non-hydrogen) atoms. The van der Waals surface area contributed by atoms with Gasteiger partial charge in [-0.2, -0.15) is 0 Å². The highest BCUT2D eigenvalue weighted by molar-refractivity contribution is 6.39. The number of halogens is 4. The summed E-state index contributed by atoms with van der Waals surface area (Å²) in [5.41, 5.74) is 1.95. The molecule has 0 amide bonds. The van der Waals surface area contributed by atoms with Gasteiger partial charge in [0, 0.05) is 21.2 Å². The largest absolute Gasteiger partial charge is 0.391 e. The van der Waals surface area contributed by atoms with Crippen molar-refractivity contribution in [1.82, 2.24) is 5.16 Å². The summed E-state index contributed by atoms with van der Waals surface area (Å²) in [5, 5.41) is 15.5. The molecule has 0 spiro atoms. The quantitative estimate of drug-likeness (QED) is 0.588. The Hall–Kier alpha value is -1.23. The van der Waals surface area contributed by atoms with Gasteiger partial charge in [-0.3, -0.25) is 0 Å². The van der Waals surface area contributed by atoms with E-state index in [9.17, 15) is 5.11 Å². The average molecular weight is 389 g/mol. The second-order valence-electron chi connectivity index (χ2n) is 4.75. The highest BCUT2D eigenvalue weighted by atomic mass is 35.5. The number of aromatic nitrogens is 1. The van der Waals surface area contributed by atoms with Crippen LogP contribution in [0.1, 0.15) is 5.56 Å². The molecule has 7 heteroatoms. The normalized spacial score (nSPS) is 11.0. The molecule has 0 saturated carbocycles. The van der Waals surface area contributed by atoms with Crippen LogP contribution in [0.15, 0.2) is 40.9 Å². The molecule has 2 aromatic carbocycles. The number of hydrogen-bond acceptors (Lipinski definition) is 3. The van der Waals surface area contributed by atoms with Gasteiger partial charge in [-0.15, -0.1) is 0 Å². The number of rotatable bonds is 3. The average Bonchev–Trinajstić information content (AvgIpc) is 2.89. The molecule has 1 aromatic heterocycles. The number of aliphatic hydroxyl groups is 1. The number of aliphatic hydroxyl groups excluding tert-OH is 1. The Kier molecular flexibility index (Phi) is 4.85. The van der Waals surface area contributed by atoms with Crippen LogP contribution in [0.4, 0.5) is 0 Å². The predicted molar refractivity (Wildman–Crippen MR) is 93.3 cm³/mol. The van der Waals surface area contributed by atoms with E-state index in [1.807, 2.05) is 0 Å². The van der Waals surface area contributed by atoms with Crippen LogP contribution in [-0.2, 0) is 6.61 Å². The van der Waals surface area contributed by atoms with E-state index in [1.165, 1.54) is 0 Å². The van der Waals surface area contributed by atoms with Crippen molar-refractivity contribution in [2.75, 3.05) is 0 Å². The van der Waals surface area contributed by atoms with Gasteiger partial charge >= 0.3 is 0 Å². The summed E-state index contributed by atoms with van der Waals surface area (Å²) in [6.07, 6.45) is 0. The van der Waals surface area contributed by atoms with Crippen LogP contribution in [0.5, 0.6) is 0 Å². The van der Waals surface area contributed by atoms with E-state index in [-0.39, 0.29) is 6.61 Å². The number of hydrogen-bond donors (Lipinski definition) is 1. The minimum absolute atomic E-state index is 0.306. The van der Waals surface area contributed by atoms with Gasteiger partial charge < -0.3 is 9.63 Å². The lowest BCUT2D eigenvalue weighted by molar-refractivity contribution is 0.281. The van der Waals surface area contributed by atoms with E-state index in [2.05, 4.69) is 5.16 Å². The number of nitrogens with zero attached hydrogens (tertiary/aromatic N) is 1. The minimum atomic E-state index is -0.306.